The third kappa shape index (κ3) is 4.70. The monoisotopic (exact) mass is 715 g/mol. The predicted molar refractivity (Wildman–Crippen MR) is 236 cm³/mol. The van der Waals surface area contributed by atoms with Crippen molar-refractivity contribution in [1.29, 1.82) is 0 Å². The lowest BCUT2D eigenvalue weighted by Gasteiger charge is -2.22. The molecule has 0 bridgehead atoms. The number of rotatable bonds is 4. The van der Waals surface area contributed by atoms with Gasteiger partial charge in [0.25, 0.3) is 0 Å². The normalized spacial score (nSPS) is 14.4. The Morgan fingerprint density at radius 1 is 0.321 bits per heavy atom. The van der Waals surface area contributed by atoms with Gasteiger partial charge in [-0.05, 0) is 112 Å². The van der Waals surface area contributed by atoms with Crippen LogP contribution in [0.2, 0.25) is 0 Å². The first-order valence-electron chi connectivity index (χ1n) is 19.8. The molecule has 0 aliphatic heterocycles. The Labute approximate surface area is 329 Å². The number of hydrogen-bond donors (Lipinski definition) is 0. The molecule has 0 unspecified atom stereocenters. The van der Waals surface area contributed by atoms with Gasteiger partial charge in [0.15, 0.2) is 0 Å². The van der Waals surface area contributed by atoms with E-state index in [9.17, 15) is 0 Å². The lowest BCUT2D eigenvalue weighted by atomic mass is 9.81. The Balaban J connectivity index is 0.978. The molecular formula is C55H41N. The third-order valence-electron chi connectivity index (χ3n) is 13.0. The smallest absolute Gasteiger partial charge is 0.0792 e. The van der Waals surface area contributed by atoms with E-state index in [0.29, 0.717) is 0 Å². The quantitative estimate of drug-likeness (QED) is 0.165. The SMILES string of the molecule is CC1(C)c2ccccc2-c2ccc(-c3ccc(-c4c5ccccc5c(-c5ccc(-c6ccc7c(c6)C(C)(C)c6ccccc6-7)cc5)c5ncccc45)cc3)cc21. The van der Waals surface area contributed by atoms with Gasteiger partial charge in [-0.3, -0.25) is 4.98 Å². The van der Waals surface area contributed by atoms with Gasteiger partial charge in [0.1, 0.15) is 0 Å². The number of aromatic nitrogens is 1. The van der Waals surface area contributed by atoms with Gasteiger partial charge in [0.2, 0.25) is 0 Å². The summed E-state index contributed by atoms with van der Waals surface area (Å²) in [5.41, 5.74) is 21.7. The van der Waals surface area contributed by atoms with Crippen LogP contribution in [0.5, 0.6) is 0 Å². The van der Waals surface area contributed by atoms with Crippen LogP contribution < -0.4 is 0 Å². The Hall–Kier alpha value is -6.57. The van der Waals surface area contributed by atoms with Crippen LogP contribution in [0.1, 0.15) is 49.9 Å². The fourth-order valence-electron chi connectivity index (χ4n) is 10.0. The lowest BCUT2D eigenvalue weighted by Crippen LogP contribution is -2.14. The molecule has 0 saturated heterocycles. The van der Waals surface area contributed by atoms with Gasteiger partial charge in [0.05, 0.1) is 5.52 Å². The summed E-state index contributed by atoms with van der Waals surface area (Å²) in [6, 6.07) is 63.1. The second-order valence-electron chi connectivity index (χ2n) is 16.7. The van der Waals surface area contributed by atoms with E-state index in [1.54, 1.807) is 0 Å². The van der Waals surface area contributed by atoms with Crippen LogP contribution >= 0.6 is 0 Å². The first-order chi connectivity index (χ1) is 27.3. The van der Waals surface area contributed by atoms with Gasteiger partial charge in [-0.25, -0.2) is 0 Å². The lowest BCUT2D eigenvalue weighted by molar-refractivity contribution is 0.660. The molecule has 1 heteroatoms. The van der Waals surface area contributed by atoms with E-state index in [2.05, 4.69) is 198 Å². The standard InChI is InChI=1S/C55H41N/c1-54(2)47-17-9-7-12-40(47)42-29-27-38(32-49(42)54)34-19-23-36(24-20-34)51-44-14-5-6-15-45(44)52(53-46(51)16-11-31-56-53)37-25-21-35(22-26-37)39-28-30-43-41-13-8-10-18-48(41)55(3,4)50(43)33-39/h5-33H,1-4H3. The van der Waals surface area contributed by atoms with Crippen molar-refractivity contribution in [2.24, 2.45) is 0 Å². The minimum atomic E-state index is -0.0283. The molecule has 0 fully saturated rings. The molecule has 9 aromatic rings. The number of pyridine rings is 1. The van der Waals surface area contributed by atoms with Crippen LogP contribution in [-0.2, 0) is 10.8 Å². The Kier molecular flexibility index (Phi) is 7.01. The zero-order valence-electron chi connectivity index (χ0n) is 32.2. The summed E-state index contributed by atoms with van der Waals surface area (Å²) in [6.45, 7) is 9.39. The molecule has 1 nitrogen and oxygen atoms in total. The van der Waals surface area contributed by atoms with Crippen LogP contribution in [0.4, 0.5) is 0 Å². The van der Waals surface area contributed by atoms with E-state index in [4.69, 9.17) is 4.98 Å². The summed E-state index contributed by atoms with van der Waals surface area (Å²) in [6.07, 6.45) is 1.93. The van der Waals surface area contributed by atoms with Gasteiger partial charge in [0, 0.05) is 28.0 Å². The van der Waals surface area contributed by atoms with Crippen molar-refractivity contribution in [1.82, 2.24) is 4.98 Å². The van der Waals surface area contributed by atoms with Crippen LogP contribution in [0.25, 0.3) is 88.4 Å². The average molecular weight is 716 g/mol. The number of benzene rings is 8. The maximum Gasteiger partial charge on any atom is 0.0792 e. The highest BCUT2D eigenvalue weighted by Gasteiger charge is 2.36. The predicted octanol–water partition coefficient (Wildman–Crippen LogP) is 14.7. The van der Waals surface area contributed by atoms with E-state index in [1.807, 2.05) is 6.20 Å². The van der Waals surface area contributed by atoms with Crippen molar-refractivity contribution in [3.05, 3.63) is 198 Å². The molecular weight excluding hydrogens is 675 g/mol. The maximum absolute atomic E-state index is 5.08. The molecule has 8 aromatic carbocycles. The summed E-state index contributed by atoms with van der Waals surface area (Å²) in [7, 11) is 0. The summed E-state index contributed by atoms with van der Waals surface area (Å²) in [4.78, 5) is 5.08. The Morgan fingerprint density at radius 2 is 0.714 bits per heavy atom. The Bertz CT molecular complexity index is 2790. The first-order valence-corrected chi connectivity index (χ1v) is 19.8. The highest BCUT2D eigenvalue weighted by atomic mass is 14.7. The van der Waals surface area contributed by atoms with Crippen molar-refractivity contribution in [3.8, 4) is 66.8 Å². The summed E-state index contributed by atoms with van der Waals surface area (Å²) in [5, 5.41) is 3.61. The molecule has 0 amide bonds. The first kappa shape index (κ1) is 32.8. The topological polar surface area (TPSA) is 12.9 Å². The number of fused-ring (bicyclic) bond motifs is 8. The molecule has 0 radical (unpaired) electrons. The maximum atomic E-state index is 5.08. The van der Waals surface area contributed by atoms with Crippen molar-refractivity contribution in [2.75, 3.05) is 0 Å². The number of hydrogen-bond acceptors (Lipinski definition) is 1. The van der Waals surface area contributed by atoms with Crippen molar-refractivity contribution >= 4 is 21.7 Å². The highest BCUT2D eigenvalue weighted by molar-refractivity contribution is 6.20. The third-order valence-corrected chi connectivity index (χ3v) is 13.0. The molecule has 0 spiro atoms. The van der Waals surface area contributed by atoms with Gasteiger partial charge >= 0.3 is 0 Å². The number of nitrogens with zero attached hydrogens (tertiary/aromatic N) is 1. The molecule has 0 N–H and O–H groups in total. The molecule has 2 aliphatic carbocycles. The van der Waals surface area contributed by atoms with E-state index in [-0.39, 0.29) is 10.8 Å². The molecule has 0 saturated carbocycles. The zero-order chi connectivity index (χ0) is 37.8. The fraction of sp³-hybridized carbons (Fsp3) is 0.109. The van der Waals surface area contributed by atoms with Crippen LogP contribution in [0.15, 0.2) is 176 Å². The molecule has 11 rings (SSSR count). The molecule has 266 valence electrons. The Morgan fingerprint density at radius 3 is 1.25 bits per heavy atom. The molecule has 0 atom stereocenters. The largest absolute Gasteiger partial charge is 0.256 e. The second-order valence-corrected chi connectivity index (χ2v) is 16.7. The van der Waals surface area contributed by atoms with Crippen molar-refractivity contribution in [3.63, 3.8) is 0 Å². The van der Waals surface area contributed by atoms with Crippen LogP contribution in [0.3, 0.4) is 0 Å². The fourth-order valence-corrected chi connectivity index (χ4v) is 10.0. The summed E-state index contributed by atoms with van der Waals surface area (Å²) in [5.74, 6) is 0. The molecule has 56 heavy (non-hydrogen) atoms. The van der Waals surface area contributed by atoms with E-state index < -0.39 is 0 Å². The summed E-state index contributed by atoms with van der Waals surface area (Å²) < 4.78 is 0. The van der Waals surface area contributed by atoms with Crippen molar-refractivity contribution in [2.45, 2.75) is 38.5 Å². The van der Waals surface area contributed by atoms with Gasteiger partial charge in [-0.2, -0.15) is 0 Å². The van der Waals surface area contributed by atoms with Gasteiger partial charge < -0.3 is 0 Å². The van der Waals surface area contributed by atoms with Gasteiger partial charge in [-0.1, -0.05) is 179 Å². The second kappa shape index (κ2) is 12.0. The molecule has 2 aliphatic rings. The minimum absolute atomic E-state index is 0.0270. The molecule has 1 heterocycles. The van der Waals surface area contributed by atoms with Gasteiger partial charge in [-0.15, -0.1) is 0 Å². The van der Waals surface area contributed by atoms with E-state index in [1.165, 1.54) is 99.8 Å². The van der Waals surface area contributed by atoms with E-state index in [0.717, 1.165) is 10.9 Å². The van der Waals surface area contributed by atoms with E-state index >= 15 is 0 Å². The highest BCUT2D eigenvalue weighted by Crippen LogP contribution is 2.51. The minimum Gasteiger partial charge on any atom is -0.256 e. The van der Waals surface area contributed by atoms with Crippen LogP contribution in [0, 0.1) is 0 Å². The zero-order valence-corrected chi connectivity index (χ0v) is 32.2. The van der Waals surface area contributed by atoms with Crippen molar-refractivity contribution < 1.29 is 0 Å². The molecule has 1 aromatic heterocycles. The average Bonchev–Trinajstić information content (AvgIpc) is 3.62. The van der Waals surface area contributed by atoms with Crippen LogP contribution in [-0.4, -0.2) is 4.98 Å². The summed E-state index contributed by atoms with van der Waals surface area (Å²) >= 11 is 0.